The number of thiocarbonyl (C=S) groups is 1. The van der Waals surface area contributed by atoms with Gasteiger partial charge in [0.2, 0.25) is 5.91 Å². The SMILES string of the molecule is COCC(=O)Nc1cc(N2C(=S)NC(c3ccccn3)C2c2cccn2-c2ccc(F)c(Cl)c2)ccc1OC. The second-order valence-electron chi connectivity index (χ2n) is 8.76. The number of methoxy groups -OCH3 is 2. The standard InChI is InChI=1S/C28H25ClFN5O3S/c1-37-16-25(36)32-22-15-18(9-11-24(22)38-2)35-27(26(33-28(35)39)21-6-3-4-12-31-21)23-7-5-13-34(23)17-8-10-20(30)19(29)14-17/h3-15,26-27H,16H2,1-2H3,(H,32,36)(H,33,39). The lowest BCUT2D eigenvalue weighted by molar-refractivity contribution is -0.119. The van der Waals surface area contributed by atoms with Crippen LogP contribution in [0.2, 0.25) is 5.02 Å². The fourth-order valence-corrected chi connectivity index (χ4v) is 5.22. The van der Waals surface area contributed by atoms with Gasteiger partial charge in [-0.05, 0) is 72.9 Å². The van der Waals surface area contributed by atoms with Crippen LogP contribution in [0.5, 0.6) is 5.75 Å². The molecule has 0 radical (unpaired) electrons. The molecule has 200 valence electrons. The molecule has 1 amide bonds. The molecule has 2 N–H and O–H groups in total. The monoisotopic (exact) mass is 565 g/mol. The highest BCUT2D eigenvalue weighted by atomic mass is 35.5. The second-order valence-corrected chi connectivity index (χ2v) is 9.56. The molecule has 0 aliphatic carbocycles. The molecule has 0 bridgehead atoms. The van der Waals surface area contributed by atoms with Crippen LogP contribution in [-0.4, -0.2) is 41.4 Å². The molecular weight excluding hydrogens is 541 g/mol. The van der Waals surface area contributed by atoms with Gasteiger partial charge >= 0.3 is 0 Å². The van der Waals surface area contributed by atoms with Crippen molar-refractivity contribution < 1.29 is 18.7 Å². The summed E-state index contributed by atoms with van der Waals surface area (Å²) in [5.74, 6) is -0.324. The van der Waals surface area contributed by atoms with E-state index in [9.17, 15) is 9.18 Å². The third-order valence-corrected chi connectivity index (χ3v) is 6.98. The first-order valence-corrected chi connectivity index (χ1v) is 12.8. The number of pyridine rings is 1. The Morgan fingerprint density at radius 1 is 1.13 bits per heavy atom. The Bertz CT molecular complexity index is 1520. The van der Waals surface area contributed by atoms with E-state index < -0.39 is 5.82 Å². The largest absolute Gasteiger partial charge is 0.495 e. The van der Waals surface area contributed by atoms with Crippen LogP contribution >= 0.6 is 23.8 Å². The van der Waals surface area contributed by atoms with E-state index in [4.69, 9.17) is 33.3 Å². The normalized spacial score (nSPS) is 16.7. The molecule has 2 unspecified atom stereocenters. The highest BCUT2D eigenvalue weighted by molar-refractivity contribution is 7.80. The van der Waals surface area contributed by atoms with Crippen LogP contribution in [-0.2, 0) is 9.53 Å². The minimum atomic E-state index is -0.493. The van der Waals surface area contributed by atoms with Gasteiger partial charge in [-0.1, -0.05) is 17.7 Å². The first-order chi connectivity index (χ1) is 18.9. The molecule has 3 heterocycles. The molecular formula is C28H25ClFN5O3S. The lowest BCUT2D eigenvalue weighted by atomic mass is 10.0. The van der Waals surface area contributed by atoms with Crippen molar-refractivity contribution in [2.45, 2.75) is 12.1 Å². The van der Waals surface area contributed by atoms with Crippen molar-refractivity contribution >= 4 is 46.2 Å². The number of nitrogens with one attached hydrogen (secondary N) is 2. The van der Waals surface area contributed by atoms with Crippen molar-refractivity contribution in [1.29, 1.82) is 0 Å². The lowest BCUT2D eigenvalue weighted by Gasteiger charge is -2.29. The van der Waals surface area contributed by atoms with E-state index in [2.05, 4.69) is 15.6 Å². The molecule has 0 spiro atoms. The number of anilines is 2. The smallest absolute Gasteiger partial charge is 0.250 e. The van der Waals surface area contributed by atoms with Crippen molar-refractivity contribution in [3.05, 3.63) is 101 Å². The lowest BCUT2D eigenvalue weighted by Crippen LogP contribution is -2.30. The number of ether oxygens (including phenoxy) is 2. The van der Waals surface area contributed by atoms with Crippen LogP contribution in [0.25, 0.3) is 5.69 Å². The van der Waals surface area contributed by atoms with Gasteiger partial charge in [-0.25, -0.2) is 4.39 Å². The number of aromatic nitrogens is 2. The number of rotatable bonds is 8. The highest BCUT2D eigenvalue weighted by Crippen LogP contribution is 2.44. The molecule has 11 heteroatoms. The summed E-state index contributed by atoms with van der Waals surface area (Å²) in [6, 6.07) is 18.9. The maximum Gasteiger partial charge on any atom is 0.250 e. The zero-order valence-corrected chi connectivity index (χ0v) is 22.7. The van der Waals surface area contributed by atoms with E-state index in [1.165, 1.54) is 20.3 Å². The van der Waals surface area contributed by atoms with Gasteiger partial charge in [-0.15, -0.1) is 0 Å². The number of carbonyl (C=O) groups is 1. The molecule has 0 saturated carbocycles. The van der Waals surface area contributed by atoms with Crippen molar-refractivity contribution in [2.24, 2.45) is 0 Å². The molecule has 1 fully saturated rings. The predicted octanol–water partition coefficient (Wildman–Crippen LogP) is 5.44. The summed E-state index contributed by atoms with van der Waals surface area (Å²) < 4.78 is 26.3. The molecule has 39 heavy (non-hydrogen) atoms. The molecule has 4 aromatic rings. The summed E-state index contributed by atoms with van der Waals surface area (Å²) in [4.78, 5) is 18.9. The van der Waals surface area contributed by atoms with Crippen molar-refractivity contribution in [2.75, 3.05) is 31.0 Å². The van der Waals surface area contributed by atoms with Crippen LogP contribution < -0.4 is 20.3 Å². The van der Waals surface area contributed by atoms with Crippen LogP contribution in [0, 0.1) is 5.82 Å². The van der Waals surface area contributed by atoms with Crippen LogP contribution in [0.3, 0.4) is 0 Å². The Hall–Kier alpha value is -3.99. The Kier molecular flexibility index (Phi) is 7.78. The molecule has 2 aromatic heterocycles. The average molecular weight is 566 g/mol. The minimum Gasteiger partial charge on any atom is -0.495 e. The van der Waals surface area contributed by atoms with Gasteiger partial charge in [0.25, 0.3) is 0 Å². The molecule has 8 nitrogen and oxygen atoms in total. The molecule has 1 aliphatic rings. The number of halogens is 2. The second kappa shape index (κ2) is 11.4. The quantitative estimate of drug-likeness (QED) is 0.276. The summed E-state index contributed by atoms with van der Waals surface area (Å²) in [6.07, 6.45) is 3.62. The predicted molar refractivity (Wildman–Crippen MR) is 152 cm³/mol. The zero-order valence-electron chi connectivity index (χ0n) is 21.1. The van der Waals surface area contributed by atoms with E-state index in [-0.39, 0.29) is 29.6 Å². The van der Waals surface area contributed by atoms with E-state index in [1.54, 1.807) is 30.5 Å². The van der Waals surface area contributed by atoms with Gasteiger partial charge in [-0.3, -0.25) is 9.78 Å². The number of hydrogen-bond donors (Lipinski definition) is 2. The Morgan fingerprint density at radius 2 is 1.95 bits per heavy atom. The summed E-state index contributed by atoms with van der Waals surface area (Å²) >= 11 is 12.0. The molecule has 2 aromatic carbocycles. The Morgan fingerprint density at radius 3 is 2.67 bits per heavy atom. The third kappa shape index (κ3) is 5.31. The van der Waals surface area contributed by atoms with Crippen LogP contribution in [0.1, 0.15) is 23.5 Å². The minimum absolute atomic E-state index is 0.0250. The van der Waals surface area contributed by atoms with Gasteiger partial charge in [0, 0.05) is 36.6 Å². The molecule has 1 saturated heterocycles. The number of benzene rings is 2. The van der Waals surface area contributed by atoms with Crippen LogP contribution in [0.4, 0.5) is 15.8 Å². The Balaban J connectivity index is 1.63. The number of hydrogen-bond acceptors (Lipinski definition) is 5. The summed E-state index contributed by atoms with van der Waals surface area (Å²) in [6.45, 7) is -0.102. The van der Waals surface area contributed by atoms with Gasteiger partial charge in [0.15, 0.2) is 5.11 Å². The first-order valence-electron chi connectivity index (χ1n) is 12.0. The summed E-state index contributed by atoms with van der Waals surface area (Å²) in [7, 11) is 2.98. The number of nitrogens with zero attached hydrogens (tertiary/aromatic N) is 3. The van der Waals surface area contributed by atoms with Gasteiger partial charge in [0.05, 0.1) is 29.6 Å². The zero-order chi connectivity index (χ0) is 27.5. The fraction of sp³-hybridized carbons (Fsp3) is 0.179. The van der Waals surface area contributed by atoms with Gasteiger partial charge in [0.1, 0.15) is 24.2 Å². The topological polar surface area (TPSA) is 80.7 Å². The van der Waals surface area contributed by atoms with E-state index in [0.717, 1.165) is 11.4 Å². The van der Waals surface area contributed by atoms with E-state index in [1.807, 2.05) is 52.1 Å². The third-order valence-electron chi connectivity index (χ3n) is 6.37. The number of amides is 1. The summed E-state index contributed by atoms with van der Waals surface area (Å²) in [5.41, 5.74) is 3.54. The van der Waals surface area contributed by atoms with Crippen molar-refractivity contribution in [1.82, 2.24) is 14.9 Å². The van der Waals surface area contributed by atoms with E-state index in [0.29, 0.717) is 27.9 Å². The summed E-state index contributed by atoms with van der Waals surface area (Å²) in [5, 5.41) is 6.75. The Labute approximate surface area is 235 Å². The molecule has 1 aliphatic heterocycles. The van der Waals surface area contributed by atoms with Crippen LogP contribution in [0.15, 0.2) is 79.1 Å². The van der Waals surface area contributed by atoms with Gasteiger partial charge < -0.3 is 29.6 Å². The van der Waals surface area contributed by atoms with Crippen molar-refractivity contribution in [3.63, 3.8) is 0 Å². The van der Waals surface area contributed by atoms with Gasteiger partial charge in [-0.2, -0.15) is 0 Å². The number of carbonyl (C=O) groups excluding carboxylic acids is 1. The average Bonchev–Trinajstić information content (AvgIpc) is 3.55. The molecule has 2 atom stereocenters. The highest BCUT2D eigenvalue weighted by Gasteiger charge is 2.42. The van der Waals surface area contributed by atoms with Crippen molar-refractivity contribution in [3.8, 4) is 11.4 Å². The fourth-order valence-electron chi connectivity index (χ4n) is 4.70. The molecule has 5 rings (SSSR count). The van der Waals surface area contributed by atoms with E-state index >= 15 is 0 Å². The maximum absolute atomic E-state index is 14.0. The maximum atomic E-state index is 14.0. The first kappa shape index (κ1) is 26.6.